The lowest BCUT2D eigenvalue weighted by Crippen LogP contribution is -1.92. The van der Waals surface area contributed by atoms with Crippen LogP contribution in [0, 0.1) is 6.92 Å². The van der Waals surface area contributed by atoms with E-state index in [1.54, 1.807) is 7.11 Å². The van der Waals surface area contributed by atoms with Crippen LogP contribution in [0.3, 0.4) is 0 Å². The summed E-state index contributed by atoms with van der Waals surface area (Å²) in [5.74, 6) is 0.766. The minimum absolute atomic E-state index is 0.701. The molecule has 0 amide bonds. The van der Waals surface area contributed by atoms with Crippen LogP contribution in [0.2, 0.25) is 0 Å². The summed E-state index contributed by atoms with van der Waals surface area (Å²) in [6, 6.07) is 7.72. The van der Waals surface area contributed by atoms with Gasteiger partial charge >= 0.3 is 0 Å². The number of hydrogen-bond donors (Lipinski definition) is 1. The fourth-order valence-electron chi connectivity index (χ4n) is 1.63. The van der Waals surface area contributed by atoms with Crippen LogP contribution in [0.4, 0.5) is 5.69 Å². The molecule has 1 heterocycles. The van der Waals surface area contributed by atoms with Gasteiger partial charge in [0.1, 0.15) is 5.75 Å². The van der Waals surface area contributed by atoms with E-state index in [2.05, 4.69) is 11.1 Å². The van der Waals surface area contributed by atoms with Crippen LogP contribution >= 0.6 is 0 Å². The van der Waals surface area contributed by atoms with E-state index < -0.39 is 0 Å². The molecule has 0 spiro atoms. The Morgan fingerprint density at radius 2 is 2.00 bits per heavy atom. The first-order valence-corrected chi connectivity index (χ1v) is 5.06. The van der Waals surface area contributed by atoms with Gasteiger partial charge in [-0.25, -0.2) is 0 Å². The molecule has 3 heteroatoms. The molecule has 1 aromatic heterocycles. The molecule has 0 saturated carbocycles. The average Bonchev–Trinajstić information content (AvgIpc) is 2.28. The minimum Gasteiger partial charge on any atom is -0.497 e. The van der Waals surface area contributed by atoms with Gasteiger partial charge in [-0.15, -0.1) is 0 Å². The summed E-state index contributed by atoms with van der Waals surface area (Å²) in [7, 11) is 1.63. The van der Waals surface area contributed by atoms with Gasteiger partial charge in [-0.3, -0.25) is 4.98 Å². The van der Waals surface area contributed by atoms with Gasteiger partial charge in [0.05, 0.1) is 7.11 Å². The van der Waals surface area contributed by atoms with E-state index in [0.717, 1.165) is 22.4 Å². The lowest BCUT2D eigenvalue weighted by molar-refractivity contribution is 0.415. The van der Waals surface area contributed by atoms with Crippen LogP contribution in [-0.2, 0) is 0 Å². The van der Waals surface area contributed by atoms with Crippen LogP contribution in [0.25, 0.3) is 11.1 Å². The molecular weight excluding hydrogens is 200 g/mol. The Morgan fingerprint density at radius 3 is 2.62 bits per heavy atom. The van der Waals surface area contributed by atoms with E-state index >= 15 is 0 Å². The molecule has 0 aliphatic heterocycles. The predicted molar refractivity (Wildman–Crippen MR) is 65.4 cm³/mol. The van der Waals surface area contributed by atoms with E-state index in [0.29, 0.717) is 5.69 Å². The quantitative estimate of drug-likeness (QED) is 0.782. The highest BCUT2D eigenvalue weighted by Gasteiger charge is 2.04. The van der Waals surface area contributed by atoms with Crippen molar-refractivity contribution in [2.75, 3.05) is 12.8 Å². The number of nitrogen functional groups attached to an aromatic ring is 1. The van der Waals surface area contributed by atoms with E-state index in [1.807, 2.05) is 37.5 Å². The molecule has 0 unspecified atom stereocenters. The number of methoxy groups -OCH3 is 1. The molecule has 82 valence electrons. The predicted octanol–water partition coefficient (Wildman–Crippen LogP) is 2.65. The number of aromatic nitrogens is 1. The maximum atomic E-state index is 5.97. The Balaban J connectivity index is 2.48. The van der Waals surface area contributed by atoms with Crippen molar-refractivity contribution in [1.82, 2.24) is 4.98 Å². The molecule has 0 radical (unpaired) electrons. The molecule has 0 fully saturated rings. The maximum Gasteiger partial charge on any atom is 0.120 e. The van der Waals surface area contributed by atoms with Crippen molar-refractivity contribution >= 4 is 5.69 Å². The molecule has 3 nitrogen and oxygen atoms in total. The molecule has 0 atom stereocenters. The SMILES string of the molecule is COc1ccc(-c2cncc(C)c2)c(N)c1. The number of nitrogens with zero attached hydrogens (tertiary/aromatic N) is 1. The minimum atomic E-state index is 0.701. The Bertz CT molecular complexity index is 509. The molecular formula is C13H14N2O. The van der Waals surface area contributed by atoms with Gasteiger partial charge < -0.3 is 10.5 Å². The van der Waals surface area contributed by atoms with Crippen LogP contribution in [-0.4, -0.2) is 12.1 Å². The number of benzene rings is 1. The Labute approximate surface area is 94.9 Å². The van der Waals surface area contributed by atoms with E-state index in [1.165, 1.54) is 0 Å². The van der Waals surface area contributed by atoms with Crippen LogP contribution in [0.15, 0.2) is 36.7 Å². The number of anilines is 1. The molecule has 0 aliphatic rings. The van der Waals surface area contributed by atoms with E-state index in [4.69, 9.17) is 10.5 Å². The number of nitrogens with two attached hydrogens (primary N) is 1. The second kappa shape index (κ2) is 4.23. The van der Waals surface area contributed by atoms with Crippen molar-refractivity contribution in [3.05, 3.63) is 42.2 Å². The summed E-state index contributed by atoms with van der Waals surface area (Å²) < 4.78 is 5.11. The van der Waals surface area contributed by atoms with Crippen molar-refractivity contribution in [2.24, 2.45) is 0 Å². The number of rotatable bonds is 2. The normalized spacial score (nSPS) is 10.1. The van der Waals surface area contributed by atoms with Crippen LogP contribution < -0.4 is 10.5 Å². The molecule has 0 bridgehead atoms. The van der Waals surface area contributed by atoms with Crippen molar-refractivity contribution in [3.8, 4) is 16.9 Å². The highest BCUT2D eigenvalue weighted by atomic mass is 16.5. The Kier molecular flexibility index (Phi) is 2.77. The summed E-state index contributed by atoms with van der Waals surface area (Å²) in [6.07, 6.45) is 3.63. The van der Waals surface area contributed by atoms with Crippen molar-refractivity contribution in [1.29, 1.82) is 0 Å². The van der Waals surface area contributed by atoms with Crippen LogP contribution in [0.1, 0.15) is 5.56 Å². The Hall–Kier alpha value is -2.03. The Morgan fingerprint density at radius 1 is 1.19 bits per heavy atom. The maximum absolute atomic E-state index is 5.97. The van der Waals surface area contributed by atoms with Gasteiger partial charge in [-0.05, 0) is 30.7 Å². The third-order valence-electron chi connectivity index (χ3n) is 2.44. The number of aryl methyl sites for hydroxylation is 1. The zero-order chi connectivity index (χ0) is 11.5. The first-order valence-electron chi connectivity index (χ1n) is 5.06. The molecule has 16 heavy (non-hydrogen) atoms. The summed E-state index contributed by atoms with van der Waals surface area (Å²) in [5.41, 5.74) is 9.80. The molecule has 0 saturated heterocycles. The molecule has 2 N–H and O–H groups in total. The third kappa shape index (κ3) is 1.98. The van der Waals surface area contributed by atoms with Crippen molar-refractivity contribution in [2.45, 2.75) is 6.92 Å². The second-order valence-corrected chi connectivity index (χ2v) is 3.70. The fraction of sp³-hybridized carbons (Fsp3) is 0.154. The highest BCUT2D eigenvalue weighted by molar-refractivity contribution is 5.77. The summed E-state index contributed by atoms with van der Waals surface area (Å²) >= 11 is 0. The lowest BCUT2D eigenvalue weighted by Gasteiger charge is -2.08. The van der Waals surface area contributed by atoms with Gasteiger partial charge in [0, 0.05) is 35.3 Å². The number of ether oxygens (including phenoxy) is 1. The number of hydrogen-bond acceptors (Lipinski definition) is 3. The van der Waals surface area contributed by atoms with Gasteiger partial charge in [-0.1, -0.05) is 0 Å². The van der Waals surface area contributed by atoms with Gasteiger partial charge in [0.15, 0.2) is 0 Å². The van der Waals surface area contributed by atoms with E-state index in [9.17, 15) is 0 Å². The highest BCUT2D eigenvalue weighted by Crippen LogP contribution is 2.29. The van der Waals surface area contributed by atoms with E-state index in [-0.39, 0.29) is 0 Å². The summed E-state index contributed by atoms with van der Waals surface area (Å²) in [5, 5.41) is 0. The van der Waals surface area contributed by atoms with Crippen LogP contribution in [0.5, 0.6) is 5.75 Å². The fourth-order valence-corrected chi connectivity index (χ4v) is 1.63. The molecule has 1 aromatic carbocycles. The van der Waals surface area contributed by atoms with Gasteiger partial charge in [-0.2, -0.15) is 0 Å². The average molecular weight is 214 g/mol. The first-order chi connectivity index (χ1) is 7.70. The van der Waals surface area contributed by atoms with Gasteiger partial charge in [0.25, 0.3) is 0 Å². The van der Waals surface area contributed by atoms with Crippen molar-refractivity contribution < 1.29 is 4.74 Å². The molecule has 2 rings (SSSR count). The van der Waals surface area contributed by atoms with Gasteiger partial charge in [0.2, 0.25) is 0 Å². The zero-order valence-corrected chi connectivity index (χ0v) is 9.40. The topological polar surface area (TPSA) is 48.1 Å². The third-order valence-corrected chi connectivity index (χ3v) is 2.44. The number of pyridine rings is 1. The molecule has 2 aromatic rings. The summed E-state index contributed by atoms with van der Waals surface area (Å²) in [6.45, 7) is 2.01. The lowest BCUT2D eigenvalue weighted by atomic mass is 10.0. The first kappa shape index (κ1) is 10.5. The largest absolute Gasteiger partial charge is 0.497 e. The van der Waals surface area contributed by atoms with Crippen molar-refractivity contribution in [3.63, 3.8) is 0 Å². The zero-order valence-electron chi connectivity index (χ0n) is 9.40. The summed E-state index contributed by atoms with van der Waals surface area (Å²) in [4.78, 5) is 4.16. The smallest absolute Gasteiger partial charge is 0.120 e. The standard InChI is InChI=1S/C13H14N2O/c1-9-5-10(8-15-7-9)12-4-3-11(16-2)6-13(12)14/h3-8H,14H2,1-2H3. The molecule has 0 aliphatic carbocycles. The monoisotopic (exact) mass is 214 g/mol. The second-order valence-electron chi connectivity index (χ2n) is 3.70.